The zero-order valence-electron chi connectivity index (χ0n) is 22.5. The van der Waals surface area contributed by atoms with Gasteiger partial charge in [-0.15, -0.1) is 0 Å². The van der Waals surface area contributed by atoms with E-state index in [9.17, 15) is 14.7 Å². The van der Waals surface area contributed by atoms with E-state index in [1.807, 2.05) is 56.3 Å². The minimum absolute atomic E-state index is 0.0102. The number of benzene rings is 1. The van der Waals surface area contributed by atoms with E-state index in [4.69, 9.17) is 9.47 Å². The Hall–Kier alpha value is -3.27. The van der Waals surface area contributed by atoms with Gasteiger partial charge in [0.25, 0.3) is 5.91 Å². The molecular weight excluding hydrogens is 484 g/mol. The first kappa shape index (κ1) is 27.8. The highest BCUT2D eigenvalue weighted by molar-refractivity contribution is 5.97. The maximum absolute atomic E-state index is 13.6. The van der Waals surface area contributed by atoms with Crippen molar-refractivity contribution in [3.63, 3.8) is 0 Å². The van der Waals surface area contributed by atoms with Crippen LogP contribution in [0.2, 0.25) is 0 Å². The summed E-state index contributed by atoms with van der Waals surface area (Å²) in [6.45, 7) is 7.50. The number of carbonyl (C=O) groups excluding carboxylic acids is 2. The van der Waals surface area contributed by atoms with E-state index >= 15 is 0 Å². The molecule has 9 nitrogen and oxygen atoms in total. The first-order valence-corrected chi connectivity index (χ1v) is 13.2. The third-order valence-electron chi connectivity index (χ3n) is 7.15. The fourth-order valence-corrected chi connectivity index (χ4v) is 4.63. The summed E-state index contributed by atoms with van der Waals surface area (Å²) in [6.07, 6.45) is 5.17. The number of aliphatic hydroxyl groups excluding tert-OH is 1. The standard InChI is InChI=1S/C29H38N4O5/c1-21-17-33(22(2)20-34)29(36)25-15-24(10-9-23-7-5-4-6-8-23)16-30-28(25)38-26(21)18-31(3)27(35)19-32-11-13-37-14-12-32/h4-10,15-16,21-22,26,34H,11-14,17-20H2,1-3H3/t21-,22-,26+/m0/s1. The van der Waals surface area contributed by atoms with E-state index in [2.05, 4.69) is 9.88 Å². The third kappa shape index (κ3) is 6.98. The predicted molar refractivity (Wildman–Crippen MR) is 146 cm³/mol. The number of hydrogen-bond donors (Lipinski definition) is 1. The Kier molecular flexibility index (Phi) is 9.49. The molecule has 0 unspecified atom stereocenters. The SMILES string of the molecule is C[C@H]1CN([C@@H](C)CO)C(=O)c2cc(C=Cc3ccccc3)cnc2O[C@@H]1CN(C)C(=O)CN1CCOCC1. The van der Waals surface area contributed by atoms with Gasteiger partial charge in [0.2, 0.25) is 11.8 Å². The summed E-state index contributed by atoms with van der Waals surface area (Å²) in [6, 6.07) is 11.3. The molecule has 3 heterocycles. The molecule has 1 fully saturated rings. The molecule has 4 rings (SSSR count). The van der Waals surface area contributed by atoms with Gasteiger partial charge in [-0.3, -0.25) is 14.5 Å². The third-order valence-corrected chi connectivity index (χ3v) is 7.15. The van der Waals surface area contributed by atoms with Crippen molar-refractivity contribution in [1.82, 2.24) is 19.7 Å². The second kappa shape index (κ2) is 13.0. The van der Waals surface area contributed by atoms with Crippen LogP contribution in [0.25, 0.3) is 12.2 Å². The van der Waals surface area contributed by atoms with Gasteiger partial charge in [-0.25, -0.2) is 4.98 Å². The van der Waals surface area contributed by atoms with Crippen molar-refractivity contribution in [2.45, 2.75) is 26.0 Å². The Labute approximate surface area is 224 Å². The maximum atomic E-state index is 13.6. The van der Waals surface area contributed by atoms with Crippen LogP contribution in [0, 0.1) is 5.92 Å². The van der Waals surface area contributed by atoms with Gasteiger partial charge in [0.15, 0.2) is 0 Å². The lowest BCUT2D eigenvalue weighted by atomic mass is 9.99. The summed E-state index contributed by atoms with van der Waals surface area (Å²) in [4.78, 5) is 36.6. The first-order valence-electron chi connectivity index (χ1n) is 13.2. The number of fused-ring (bicyclic) bond motifs is 1. The van der Waals surface area contributed by atoms with Crippen molar-refractivity contribution in [1.29, 1.82) is 0 Å². The number of hydrogen-bond acceptors (Lipinski definition) is 7. The molecule has 1 N–H and O–H groups in total. The molecule has 38 heavy (non-hydrogen) atoms. The van der Waals surface area contributed by atoms with Gasteiger partial charge in [0.1, 0.15) is 11.7 Å². The minimum Gasteiger partial charge on any atom is -0.472 e. The van der Waals surface area contributed by atoms with Gasteiger partial charge >= 0.3 is 0 Å². The summed E-state index contributed by atoms with van der Waals surface area (Å²) in [7, 11) is 1.78. The number of aromatic nitrogens is 1. The number of ether oxygens (including phenoxy) is 2. The first-order chi connectivity index (χ1) is 18.4. The average molecular weight is 523 g/mol. The highest BCUT2D eigenvalue weighted by Gasteiger charge is 2.34. The number of likely N-dealkylation sites (N-methyl/N-ethyl adjacent to an activating group) is 1. The van der Waals surface area contributed by atoms with E-state index < -0.39 is 0 Å². The number of nitrogens with zero attached hydrogens (tertiary/aromatic N) is 4. The van der Waals surface area contributed by atoms with Crippen LogP contribution in [0.5, 0.6) is 5.88 Å². The van der Waals surface area contributed by atoms with Gasteiger partial charge in [-0.1, -0.05) is 49.4 Å². The molecule has 2 amide bonds. The van der Waals surface area contributed by atoms with Crippen LogP contribution >= 0.6 is 0 Å². The zero-order chi connectivity index (χ0) is 27.1. The molecule has 2 aliphatic rings. The van der Waals surface area contributed by atoms with Gasteiger partial charge in [-0.2, -0.15) is 0 Å². The van der Waals surface area contributed by atoms with E-state index in [-0.39, 0.29) is 42.4 Å². The molecule has 1 saturated heterocycles. The highest BCUT2D eigenvalue weighted by Crippen LogP contribution is 2.28. The lowest BCUT2D eigenvalue weighted by Gasteiger charge is -2.38. The highest BCUT2D eigenvalue weighted by atomic mass is 16.5. The molecule has 0 bridgehead atoms. The number of amides is 2. The van der Waals surface area contributed by atoms with E-state index in [0.717, 1.165) is 24.2 Å². The van der Waals surface area contributed by atoms with Crippen LogP contribution < -0.4 is 4.74 Å². The second-order valence-corrected chi connectivity index (χ2v) is 10.2. The number of rotatable bonds is 8. The van der Waals surface area contributed by atoms with Crippen molar-refractivity contribution >= 4 is 24.0 Å². The topological polar surface area (TPSA) is 95.4 Å². The maximum Gasteiger partial charge on any atom is 0.259 e. The molecular formula is C29H38N4O5. The monoisotopic (exact) mass is 522 g/mol. The largest absolute Gasteiger partial charge is 0.472 e. The summed E-state index contributed by atoms with van der Waals surface area (Å²) in [5.41, 5.74) is 2.15. The average Bonchev–Trinajstić information content (AvgIpc) is 2.94. The molecule has 1 aromatic heterocycles. The Morgan fingerprint density at radius 3 is 2.63 bits per heavy atom. The van der Waals surface area contributed by atoms with Crippen LogP contribution in [0.1, 0.15) is 35.3 Å². The van der Waals surface area contributed by atoms with Crippen LogP contribution in [-0.2, 0) is 9.53 Å². The quantitative estimate of drug-likeness (QED) is 0.568. The van der Waals surface area contributed by atoms with Crippen molar-refractivity contribution in [2.24, 2.45) is 5.92 Å². The van der Waals surface area contributed by atoms with E-state index in [1.165, 1.54) is 0 Å². The molecule has 2 aliphatic heterocycles. The summed E-state index contributed by atoms with van der Waals surface area (Å²) in [5, 5.41) is 9.89. The predicted octanol–water partition coefficient (Wildman–Crippen LogP) is 2.26. The number of pyridine rings is 1. The van der Waals surface area contributed by atoms with E-state index in [1.54, 1.807) is 29.1 Å². The molecule has 1 aromatic carbocycles. The lowest BCUT2D eigenvalue weighted by Crippen LogP contribution is -2.51. The van der Waals surface area contributed by atoms with Gasteiger partial charge in [0, 0.05) is 38.8 Å². The lowest BCUT2D eigenvalue weighted by molar-refractivity contribution is -0.133. The molecule has 0 saturated carbocycles. The zero-order valence-corrected chi connectivity index (χ0v) is 22.5. The molecule has 0 spiro atoms. The van der Waals surface area contributed by atoms with Crippen LogP contribution in [-0.4, -0.2) is 108 Å². The van der Waals surface area contributed by atoms with Crippen molar-refractivity contribution in [2.75, 3.05) is 59.6 Å². The van der Waals surface area contributed by atoms with Crippen molar-refractivity contribution in [3.8, 4) is 5.88 Å². The van der Waals surface area contributed by atoms with Crippen molar-refractivity contribution in [3.05, 3.63) is 59.3 Å². The van der Waals surface area contributed by atoms with Gasteiger partial charge < -0.3 is 24.4 Å². The number of morpholine rings is 1. The number of aliphatic hydroxyl groups is 1. The van der Waals surface area contributed by atoms with Gasteiger partial charge in [-0.05, 0) is 24.1 Å². The molecule has 0 aliphatic carbocycles. The number of carbonyl (C=O) groups is 2. The van der Waals surface area contributed by atoms with Crippen LogP contribution in [0.4, 0.5) is 0 Å². The molecule has 2 aromatic rings. The molecule has 0 radical (unpaired) electrons. The summed E-state index contributed by atoms with van der Waals surface area (Å²) < 4.78 is 11.7. The van der Waals surface area contributed by atoms with Crippen LogP contribution in [0.3, 0.4) is 0 Å². The smallest absolute Gasteiger partial charge is 0.259 e. The fraction of sp³-hybridized carbons (Fsp3) is 0.483. The molecule has 3 atom stereocenters. The molecule has 9 heteroatoms. The van der Waals surface area contributed by atoms with Crippen LogP contribution in [0.15, 0.2) is 42.6 Å². The normalized spacial score (nSPS) is 21.4. The molecule has 204 valence electrons. The summed E-state index contributed by atoms with van der Waals surface area (Å²) in [5.74, 6) is -0.0752. The Balaban J connectivity index is 1.56. The fourth-order valence-electron chi connectivity index (χ4n) is 4.63. The summed E-state index contributed by atoms with van der Waals surface area (Å²) >= 11 is 0. The van der Waals surface area contributed by atoms with Crippen molar-refractivity contribution < 1.29 is 24.2 Å². The van der Waals surface area contributed by atoms with E-state index in [0.29, 0.717) is 38.4 Å². The Morgan fingerprint density at radius 1 is 1.21 bits per heavy atom. The van der Waals surface area contributed by atoms with Gasteiger partial charge in [0.05, 0.1) is 39.0 Å². The Morgan fingerprint density at radius 2 is 1.92 bits per heavy atom. The second-order valence-electron chi connectivity index (χ2n) is 10.2. The minimum atomic E-state index is -0.382. The Bertz CT molecular complexity index is 1120.